The molecular weight excluding hydrogens is 498 g/mol. The number of nitrogens with one attached hydrogen (secondary N) is 2. The molecule has 1 fully saturated rings. The molecule has 1 unspecified atom stereocenters. The molecule has 4 rings (SSSR count). The van der Waals surface area contributed by atoms with Gasteiger partial charge in [-0.3, -0.25) is 14.5 Å². The van der Waals surface area contributed by atoms with Crippen molar-refractivity contribution in [2.24, 2.45) is 5.92 Å². The Balaban J connectivity index is 1.38. The molecule has 1 aliphatic heterocycles. The van der Waals surface area contributed by atoms with Crippen LogP contribution in [0.25, 0.3) is 11.4 Å². The van der Waals surface area contributed by atoms with Gasteiger partial charge in [-0.2, -0.15) is 4.98 Å². The van der Waals surface area contributed by atoms with Crippen molar-refractivity contribution < 1.29 is 14.1 Å². The Morgan fingerprint density at radius 1 is 1.24 bits per heavy atom. The maximum atomic E-state index is 13.0. The van der Waals surface area contributed by atoms with Crippen LogP contribution in [0.15, 0.2) is 70.2 Å². The van der Waals surface area contributed by atoms with Crippen molar-refractivity contribution in [2.75, 3.05) is 25.0 Å². The molecule has 0 aliphatic carbocycles. The number of carbonyl (C=O) groups is 2. The summed E-state index contributed by atoms with van der Waals surface area (Å²) >= 11 is 3.45. The standard InChI is InChI=1S/C25H26BrN5O3/c1-2-12-27-25(33)20-10-3-4-11-21(20)28-24(32)18-8-6-13-31(15-18)16-22-29-23(30-34-22)17-7-5-9-19(26)14-17/h2-5,7,9-11,14,18H,1,6,8,12-13,15-16H2,(H,27,33)(H,28,32). The number of rotatable bonds is 8. The largest absolute Gasteiger partial charge is 0.349 e. The van der Waals surface area contributed by atoms with Crippen molar-refractivity contribution >= 4 is 33.4 Å². The fraction of sp³-hybridized carbons (Fsp3) is 0.280. The maximum absolute atomic E-state index is 13.0. The molecule has 2 N–H and O–H groups in total. The van der Waals surface area contributed by atoms with Crippen molar-refractivity contribution in [1.82, 2.24) is 20.4 Å². The molecule has 2 aromatic carbocycles. The Hall–Kier alpha value is -3.30. The Morgan fingerprint density at radius 2 is 2.09 bits per heavy atom. The molecule has 0 bridgehead atoms. The van der Waals surface area contributed by atoms with Crippen molar-refractivity contribution in [2.45, 2.75) is 19.4 Å². The van der Waals surface area contributed by atoms with Crippen LogP contribution in [0.3, 0.4) is 0 Å². The number of anilines is 1. The molecule has 1 aliphatic rings. The number of aromatic nitrogens is 2. The second kappa shape index (κ2) is 11.2. The van der Waals surface area contributed by atoms with Crippen molar-refractivity contribution in [1.29, 1.82) is 0 Å². The Kier molecular flexibility index (Phi) is 7.87. The Bertz CT molecular complexity index is 1180. The predicted molar refractivity (Wildman–Crippen MR) is 133 cm³/mol. The van der Waals surface area contributed by atoms with E-state index < -0.39 is 0 Å². The number of hydrogen-bond acceptors (Lipinski definition) is 6. The van der Waals surface area contributed by atoms with Gasteiger partial charge in [-0.1, -0.05) is 51.4 Å². The zero-order chi connectivity index (χ0) is 23.9. The summed E-state index contributed by atoms with van der Waals surface area (Å²) < 4.78 is 6.40. The summed E-state index contributed by atoms with van der Waals surface area (Å²) in [5.74, 6) is 0.493. The number of piperidine rings is 1. The smallest absolute Gasteiger partial charge is 0.253 e. The maximum Gasteiger partial charge on any atom is 0.253 e. The number of benzene rings is 2. The van der Waals surface area contributed by atoms with Crippen LogP contribution in [0, 0.1) is 5.92 Å². The van der Waals surface area contributed by atoms with Gasteiger partial charge in [-0.25, -0.2) is 0 Å². The molecule has 9 heteroatoms. The normalized spacial score (nSPS) is 16.1. The molecular formula is C25H26BrN5O3. The third-order valence-corrected chi connectivity index (χ3v) is 6.12. The average Bonchev–Trinajstić information content (AvgIpc) is 3.31. The number of carbonyl (C=O) groups excluding carboxylic acids is 2. The Morgan fingerprint density at radius 3 is 2.91 bits per heavy atom. The third-order valence-electron chi connectivity index (χ3n) is 5.62. The number of likely N-dealkylation sites (tertiary alicyclic amines) is 1. The van der Waals surface area contributed by atoms with Gasteiger partial charge in [0.2, 0.25) is 17.6 Å². The van der Waals surface area contributed by atoms with E-state index in [-0.39, 0.29) is 17.7 Å². The lowest BCUT2D eigenvalue weighted by molar-refractivity contribution is -0.121. The first-order valence-corrected chi connectivity index (χ1v) is 11.9. The molecule has 1 atom stereocenters. The first-order chi connectivity index (χ1) is 16.5. The summed E-state index contributed by atoms with van der Waals surface area (Å²) in [7, 11) is 0. The monoisotopic (exact) mass is 523 g/mol. The van der Waals surface area contributed by atoms with E-state index in [2.05, 4.69) is 48.2 Å². The van der Waals surface area contributed by atoms with Gasteiger partial charge in [-0.05, 0) is 43.7 Å². The van der Waals surface area contributed by atoms with E-state index in [1.54, 1.807) is 30.3 Å². The average molecular weight is 524 g/mol. The SMILES string of the molecule is C=CCNC(=O)c1ccccc1NC(=O)C1CCCN(Cc2nc(-c3cccc(Br)c3)no2)C1. The van der Waals surface area contributed by atoms with Crippen LogP contribution >= 0.6 is 15.9 Å². The van der Waals surface area contributed by atoms with E-state index in [1.807, 2.05) is 24.3 Å². The molecule has 2 heterocycles. The summed E-state index contributed by atoms with van der Waals surface area (Å²) in [4.78, 5) is 32.1. The highest BCUT2D eigenvalue weighted by Crippen LogP contribution is 2.24. The summed E-state index contributed by atoms with van der Waals surface area (Å²) in [5.41, 5.74) is 1.80. The van der Waals surface area contributed by atoms with E-state index in [0.717, 1.165) is 29.4 Å². The third kappa shape index (κ3) is 5.98. The minimum atomic E-state index is -0.251. The fourth-order valence-corrected chi connectivity index (χ4v) is 4.35. The molecule has 0 saturated carbocycles. The van der Waals surface area contributed by atoms with Gasteiger partial charge in [-0.15, -0.1) is 6.58 Å². The highest BCUT2D eigenvalue weighted by molar-refractivity contribution is 9.10. The lowest BCUT2D eigenvalue weighted by Gasteiger charge is -2.31. The van der Waals surface area contributed by atoms with Gasteiger partial charge < -0.3 is 15.2 Å². The van der Waals surface area contributed by atoms with E-state index in [1.165, 1.54) is 0 Å². The fourth-order valence-electron chi connectivity index (χ4n) is 3.95. The van der Waals surface area contributed by atoms with Gasteiger partial charge >= 0.3 is 0 Å². The summed E-state index contributed by atoms with van der Waals surface area (Å²) in [6, 6.07) is 14.7. The molecule has 3 aromatic rings. The molecule has 34 heavy (non-hydrogen) atoms. The predicted octanol–water partition coefficient (Wildman–Crippen LogP) is 4.27. The molecule has 1 saturated heterocycles. The number of halogens is 1. The molecule has 176 valence electrons. The number of para-hydroxylation sites is 1. The highest BCUT2D eigenvalue weighted by atomic mass is 79.9. The van der Waals surface area contributed by atoms with Gasteiger partial charge in [0.1, 0.15) is 0 Å². The van der Waals surface area contributed by atoms with Crippen LogP contribution in [0.2, 0.25) is 0 Å². The van der Waals surface area contributed by atoms with Crippen LogP contribution in [0.4, 0.5) is 5.69 Å². The minimum Gasteiger partial charge on any atom is -0.349 e. The number of nitrogens with zero attached hydrogens (tertiary/aromatic N) is 3. The summed E-state index contributed by atoms with van der Waals surface area (Å²) in [6.07, 6.45) is 3.27. The van der Waals surface area contributed by atoms with Crippen LogP contribution in [0.5, 0.6) is 0 Å². The van der Waals surface area contributed by atoms with Gasteiger partial charge in [0, 0.05) is 23.1 Å². The molecule has 8 nitrogen and oxygen atoms in total. The van der Waals surface area contributed by atoms with Crippen LogP contribution < -0.4 is 10.6 Å². The highest BCUT2D eigenvalue weighted by Gasteiger charge is 2.27. The van der Waals surface area contributed by atoms with Gasteiger partial charge in [0.05, 0.1) is 23.7 Å². The van der Waals surface area contributed by atoms with Crippen molar-refractivity contribution in [3.63, 3.8) is 0 Å². The quantitative estimate of drug-likeness (QED) is 0.427. The second-order valence-electron chi connectivity index (χ2n) is 8.13. The van der Waals surface area contributed by atoms with E-state index in [9.17, 15) is 9.59 Å². The lowest BCUT2D eigenvalue weighted by atomic mass is 9.96. The van der Waals surface area contributed by atoms with Crippen LogP contribution in [0.1, 0.15) is 29.1 Å². The van der Waals surface area contributed by atoms with Crippen LogP contribution in [-0.2, 0) is 11.3 Å². The van der Waals surface area contributed by atoms with Crippen molar-refractivity contribution in [3.05, 3.63) is 77.1 Å². The van der Waals surface area contributed by atoms with Gasteiger partial charge in [0.15, 0.2) is 0 Å². The first kappa shape index (κ1) is 23.8. The first-order valence-electron chi connectivity index (χ1n) is 11.1. The summed E-state index contributed by atoms with van der Waals surface area (Å²) in [6.45, 7) is 5.87. The van der Waals surface area contributed by atoms with Crippen molar-refractivity contribution in [3.8, 4) is 11.4 Å². The molecule has 2 amide bonds. The Labute approximate surface area is 206 Å². The number of amides is 2. The topological polar surface area (TPSA) is 100 Å². The minimum absolute atomic E-state index is 0.103. The molecule has 1 aromatic heterocycles. The number of hydrogen-bond donors (Lipinski definition) is 2. The lowest BCUT2D eigenvalue weighted by Crippen LogP contribution is -2.40. The van der Waals surface area contributed by atoms with Gasteiger partial charge in [0.25, 0.3) is 5.91 Å². The van der Waals surface area contributed by atoms with E-state index >= 15 is 0 Å². The van der Waals surface area contributed by atoms with E-state index in [0.29, 0.717) is 42.6 Å². The zero-order valence-corrected chi connectivity index (χ0v) is 20.3. The van der Waals surface area contributed by atoms with E-state index in [4.69, 9.17) is 4.52 Å². The summed E-state index contributed by atoms with van der Waals surface area (Å²) in [5, 5.41) is 9.79. The van der Waals surface area contributed by atoms with Crippen LogP contribution in [-0.4, -0.2) is 46.5 Å². The molecule has 0 radical (unpaired) electrons. The zero-order valence-electron chi connectivity index (χ0n) is 18.7. The molecule has 0 spiro atoms. The second-order valence-corrected chi connectivity index (χ2v) is 9.05.